The first-order valence-electron chi connectivity index (χ1n) is 9.10. The maximum absolute atomic E-state index is 12.4. The van der Waals surface area contributed by atoms with Crippen molar-refractivity contribution in [3.05, 3.63) is 16.1 Å². The molecule has 2 aliphatic heterocycles. The highest BCUT2D eigenvalue weighted by Gasteiger charge is 2.25. The molecule has 2 aliphatic rings. The summed E-state index contributed by atoms with van der Waals surface area (Å²) in [6.45, 7) is 12.2. The van der Waals surface area contributed by atoms with E-state index in [1.165, 1.54) is 17.1 Å². The molecule has 134 valence electrons. The molecule has 3 heterocycles. The van der Waals surface area contributed by atoms with E-state index in [2.05, 4.69) is 36.4 Å². The molecule has 1 aromatic rings. The zero-order chi connectivity index (χ0) is 17.2. The zero-order valence-corrected chi connectivity index (χ0v) is 16.0. The summed E-state index contributed by atoms with van der Waals surface area (Å²) in [6, 6.07) is 0.404. The summed E-state index contributed by atoms with van der Waals surface area (Å²) in [7, 11) is 0. The number of aromatic nitrogens is 1. The Balaban J connectivity index is 1.45. The fourth-order valence-corrected chi connectivity index (χ4v) is 4.28. The third-order valence-electron chi connectivity index (χ3n) is 4.89. The van der Waals surface area contributed by atoms with Gasteiger partial charge < -0.3 is 10.2 Å². The summed E-state index contributed by atoms with van der Waals surface area (Å²) in [6.07, 6.45) is 3.02. The van der Waals surface area contributed by atoms with E-state index in [1.54, 1.807) is 11.3 Å². The van der Waals surface area contributed by atoms with E-state index in [0.29, 0.717) is 18.4 Å². The van der Waals surface area contributed by atoms with Gasteiger partial charge in [-0.3, -0.25) is 9.69 Å². The van der Waals surface area contributed by atoms with Gasteiger partial charge in [0, 0.05) is 56.0 Å². The molecular formula is C18H30N4OS. The van der Waals surface area contributed by atoms with Crippen molar-refractivity contribution in [2.24, 2.45) is 0 Å². The van der Waals surface area contributed by atoms with Gasteiger partial charge in [-0.25, -0.2) is 4.98 Å². The number of hydrogen-bond donors (Lipinski definition) is 1. The maximum atomic E-state index is 12.4. The minimum Gasteiger partial charge on any atom is -0.340 e. The summed E-state index contributed by atoms with van der Waals surface area (Å²) < 4.78 is 0. The third kappa shape index (κ3) is 4.55. The van der Waals surface area contributed by atoms with Gasteiger partial charge in [-0.05, 0) is 19.4 Å². The number of rotatable bonds is 4. The molecule has 2 saturated heterocycles. The van der Waals surface area contributed by atoms with Crippen LogP contribution in [0.5, 0.6) is 0 Å². The minimum absolute atomic E-state index is 0.127. The Labute approximate surface area is 149 Å². The predicted octanol–water partition coefficient (Wildman–Crippen LogP) is 2.23. The molecule has 6 heteroatoms. The molecule has 0 aliphatic carbocycles. The molecule has 1 N–H and O–H groups in total. The van der Waals surface area contributed by atoms with Crippen LogP contribution in [0.25, 0.3) is 0 Å². The van der Waals surface area contributed by atoms with Crippen molar-refractivity contribution in [3.8, 4) is 0 Å². The van der Waals surface area contributed by atoms with Gasteiger partial charge >= 0.3 is 0 Å². The van der Waals surface area contributed by atoms with Crippen molar-refractivity contribution in [1.82, 2.24) is 20.1 Å². The van der Waals surface area contributed by atoms with Crippen LogP contribution < -0.4 is 5.32 Å². The topological polar surface area (TPSA) is 48.5 Å². The Morgan fingerprint density at radius 3 is 2.67 bits per heavy atom. The zero-order valence-electron chi connectivity index (χ0n) is 15.2. The van der Waals surface area contributed by atoms with Crippen LogP contribution in [0.15, 0.2) is 5.38 Å². The lowest BCUT2D eigenvalue weighted by Crippen LogP contribution is -2.49. The van der Waals surface area contributed by atoms with Gasteiger partial charge in [-0.1, -0.05) is 20.8 Å². The molecule has 0 saturated carbocycles. The minimum atomic E-state index is 0.127. The van der Waals surface area contributed by atoms with Crippen LogP contribution >= 0.6 is 11.3 Å². The second-order valence-corrected chi connectivity index (χ2v) is 8.91. The fourth-order valence-electron chi connectivity index (χ4n) is 3.38. The molecule has 1 aromatic heterocycles. The predicted molar refractivity (Wildman–Crippen MR) is 98.3 cm³/mol. The van der Waals surface area contributed by atoms with E-state index in [0.717, 1.165) is 45.7 Å². The molecule has 3 rings (SSSR count). The smallest absolute Gasteiger partial charge is 0.224 e. The van der Waals surface area contributed by atoms with Crippen molar-refractivity contribution in [1.29, 1.82) is 0 Å². The van der Waals surface area contributed by atoms with Gasteiger partial charge in [-0.15, -0.1) is 11.3 Å². The van der Waals surface area contributed by atoms with Crippen LogP contribution in [0.3, 0.4) is 0 Å². The van der Waals surface area contributed by atoms with Gasteiger partial charge in [0.25, 0.3) is 0 Å². The average Bonchev–Trinajstić information content (AvgIpc) is 3.19. The number of piperazine rings is 1. The number of nitrogens with one attached hydrogen (secondary N) is 1. The molecule has 0 radical (unpaired) electrons. The maximum Gasteiger partial charge on any atom is 0.224 e. The number of nitrogens with zero attached hydrogens (tertiary/aromatic N) is 3. The molecule has 0 aromatic carbocycles. The Morgan fingerprint density at radius 1 is 1.33 bits per heavy atom. The molecular weight excluding hydrogens is 320 g/mol. The lowest BCUT2D eigenvalue weighted by Gasteiger charge is -2.35. The first-order chi connectivity index (χ1) is 11.4. The van der Waals surface area contributed by atoms with E-state index in [9.17, 15) is 4.79 Å². The number of carbonyl (C=O) groups excluding carboxylic acids is 1. The van der Waals surface area contributed by atoms with E-state index < -0.39 is 0 Å². The standard InChI is InChI=1S/C18H30N4OS/c1-18(2,3)17-20-15(13-24-17)12-21-7-9-22(10-8-21)16(23)11-14-5-4-6-19-14/h13-14,19H,4-12H2,1-3H3. The molecule has 1 atom stereocenters. The van der Waals surface area contributed by atoms with Crippen LogP contribution in [-0.2, 0) is 16.8 Å². The Kier molecular flexibility index (Phi) is 5.57. The van der Waals surface area contributed by atoms with Gasteiger partial charge in [-0.2, -0.15) is 0 Å². The van der Waals surface area contributed by atoms with E-state index in [-0.39, 0.29) is 5.41 Å². The number of carbonyl (C=O) groups is 1. The van der Waals surface area contributed by atoms with Crippen molar-refractivity contribution in [2.45, 2.75) is 58.0 Å². The highest BCUT2D eigenvalue weighted by molar-refractivity contribution is 7.09. The van der Waals surface area contributed by atoms with E-state index >= 15 is 0 Å². The second-order valence-electron chi connectivity index (χ2n) is 8.05. The lowest BCUT2D eigenvalue weighted by atomic mass is 9.98. The average molecular weight is 351 g/mol. The highest BCUT2D eigenvalue weighted by Crippen LogP contribution is 2.26. The highest BCUT2D eigenvalue weighted by atomic mass is 32.1. The van der Waals surface area contributed by atoms with Crippen LogP contribution in [0, 0.1) is 0 Å². The van der Waals surface area contributed by atoms with Gasteiger partial charge in [0.15, 0.2) is 0 Å². The molecule has 1 amide bonds. The van der Waals surface area contributed by atoms with E-state index in [4.69, 9.17) is 4.98 Å². The quantitative estimate of drug-likeness (QED) is 0.905. The first kappa shape index (κ1) is 17.8. The third-order valence-corrected chi connectivity index (χ3v) is 6.20. The second kappa shape index (κ2) is 7.50. The lowest BCUT2D eigenvalue weighted by molar-refractivity contribution is -0.133. The van der Waals surface area contributed by atoms with Crippen molar-refractivity contribution in [2.75, 3.05) is 32.7 Å². The largest absolute Gasteiger partial charge is 0.340 e. The number of amides is 1. The summed E-state index contributed by atoms with van der Waals surface area (Å²) in [5.74, 6) is 0.317. The van der Waals surface area contributed by atoms with Gasteiger partial charge in [0.05, 0.1) is 10.7 Å². The van der Waals surface area contributed by atoms with Crippen molar-refractivity contribution in [3.63, 3.8) is 0 Å². The van der Waals surface area contributed by atoms with Crippen LogP contribution in [-0.4, -0.2) is 59.5 Å². The fraction of sp³-hybridized carbons (Fsp3) is 0.778. The summed E-state index contributed by atoms with van der Waals surface area (Å²) in [5.41, 5.74) is 1.29. The summed E-state index contributed by atoms with van der Waals surface area (Å²) in [4.78, 5) is 21.6. The Hall–Kier alpha value is -0.980. The van der Waals surface area contributed by atoms with Crippen LogP contribution in [0.1, 0.15) is 50.7 Å². The Morgan fingerprint density at radius 2 is 2.08 bits per heavy atom. The van der Waals surface area contributed by atoms with E-state index in [1.807, 2.05) is 4.90 Å². The molecule has 2 fully saturated rings. The SMILES string of the molecule is CC(C)(C)c1nc(CN2CCN(C(=O)CC3CCCN3)CC2)cs1. The van der Waals surface area contributed by atoms with Gasteiger partial charge in [0.1, 0.15) is 0 Å². The molecule has 24 heavy (non-hydrogen) atoms. The molecule has 0 spiro atoms. The van der Waals surface area contributed by atoms with Crippen molar-refractivity contribution < 1.29 is 4.79 Å². The van der Waals surface area contributed by atoms with Crippen molar-refractivity contribution >= 4 is 17.2 Å². The Bertz CT molecular complexity index is 552. The number of hydrogen-bond acceptors (Lipinski definition) is 5. The first-order valence-corrected chi connectivity index (χ1v) is 9.98. The van der Waals surface area contributed by atoms with Gasteiger partial charge in [0.2, 0.25) is 5.91 Å². The monoisotopic (exact) mass is 350 g/mol. The molecule has 0 bridgehead atoms. The summed E-state index contributed by atoms with van der Waals surface area (Å²) in [5, 5.41) is 6.81. The molecule has 1 unspecified atom stereocenters. The normalized spacial score (nSPS) is 23.0. The van der Waals surface area contributed by atoms with Crippen LogP contribution in [0.2, 0.25) is 0 Å². The van der Waals surface area contributed by atoms with Crippen LogP contribution in [0.4, 0.5) is 0 Å². The number of thiazole rings is 1. The summed E-state index contributed by atoms with van der Waals surface area (Å²) >= 11 is 1.76. The molecule has 5 nitrogen and oxygen atoms in total.